The van der Waals surface area contributed by atoms with Crippen molar-refractivity contribution in [1.29, 1.82) is 0 Å². The lowest BCUT2D eigenvalue weighted by atomic mass is 10.4. The van der Waals surface area contributed by atoms with Gasteiger partial charge < -0.3 is 10.2 Å². The summed E-state index contributed by atoms with van der Waals surface area (Å²) in [5.74, 6) is 0. The molecule has 1 aromatic heterocycles. The highest BCUT2D eigenvalue weighted by atomic mass is 32.2. The van der Waals surface area contributed by atoms with Crippen LogP contribution in [0, 0.1) is 0 Å². The van der Waals surface area contributed by atoms with Crippen LogP contribution in [0.1, 0.15) is 18.7 Å². The summed E-state index contributed by atoms with van der Waals surface area (Å²) in [5, 5.41) is 7.73. The summed E-state index contributed by atoms with van der Waals surface area (Å²) in [5.41, 5.74) is 0. The summed E-state index contributed by atoms with van der Waals surface area (Å²) in [6.45, 7) is 5.36. The van der Waals surface area contributed by atoms with Crippen LogP contribution in [0.3, 0.4) is 0 Å². The van der Waals surface area contributed by atoms with Crippen LogP contribution in [-0.4, -0.2) is 32.4 Å². The summed E-state index contributed by atoms with van der Waals surface area (Å²) in [7, 11) is -3.65. The van der Waals surface area contributed by atoms with E-state index in [4.69, 9.17) is 5.14 Å². The number of hydrogen-bond donors (Lipinski definition) is 2. The van der Waals surface area contributed by atoms with Gasteiger partial charge in [-0.2, -0.15) is 0 Å². The van der Waals surface area contributed by atoms with E-state index in [-0.39, 0.29) is 10.2 Å². The van der Waals surface area contributed by atoms with Gasteiger partial charge in [0.05, 0.1) is 6.54 Å². The number of rotatable bonds is 5. The predicted molar refractivity (Wildman–Crippen MR) is 70.8 cm³/mol. The maximum absolute atomic E-state index is 11.7. The lowest BCUT2D eigenvalue weighted by Gasteiger charge is -2.18. The second-order valence-electron chi connectivity index (χ2n) is 3.60. The number of nitrogens with two attached hydrogens (primary N) is 1. The Morgan fingerprint density at radius 2 is 2.00 bits per heavy atom. The Hall–Kier alpha value is -1.12. The standard InChI is InChI=1S/C10H17N3O3S2/c1-3-13(4-2)10(14)12-7-8-5-6-9(17-8)18(11,15)16/h5-6H,3-4,7H2,1-2H3,(H,12,14)(H2,11,15,16). The summed E-state index contributed by atoms with van der Waals surface area (Å²) >= 11 is 1.06. The highest BCUT2D eigenvalue weighted by Crippen LogP contribution is 2.19. The number of sulfonamides is 1. The van der Waals surface area contributed by atoms with Gasteiger partial charge in [0.15, 0.2) is 0 Å². The van der Waals surface area contributed by atoms with Crippen LogP contribution in [-0.2, 0) is 16.6 Å². The van der Waals surface area contributed by atoms with Crippen LogP contribution in [0.4, 0.5) is 4.79 Å². The minimum atomic E-state index is -3.65. The summed E-state index contributed by atoms with van der Waals surface area (Å²) in [6.07, 6.45) is 0. The average molecular weight is 291 g/mol. The normalized spacial score (nSPS) is 11.3. The highest BCUT2D eigenvalue weighted by molar-refractivity contribution is 7.91. The van der Waals surface area contributed by atoms with Crippen molar-refractivity contribution in [2.24, 2.45) is 5.14 Å². The molecule has 0 spiro atoms. The van der Waals surface area contributed by atoms with E-state index in [1.807, 2.05) is 13.8 Å². The summed E-state index contributed by atoms with van der Waals surface area (Å²) in [6, 6.07) is 2.93. The first-order valence-electron chi connectivity index (χ1n) is 5.52. The van der Waals surface area contributed by atoms with Gasteiger partial charge in [0.25, 0.3) is 0 Å². The fourth-order valence-electron chi connectivity index (χ4n) is 1.39. The lowest BCUT2D eigenvalue weighted by molar-refractivity contribution is 0.203. The van der Waals surface area contributed by atoms with Crippen molar-refractivity contribution >= 4 is 27.4 Å². The van der Waals surface area contributed by atoms with Crippen molar-refractivity contribution in [3.63, 3.8) is 0 Å². The molecule has 102 valence electrons. The number of nitrogens with zero attached hydrogens (tertiary/aromatic N) is 1. The number of hydrogen-bond acceptors (Lipinski definition) is 4. The van der Waals surface area contributed by atoms with Crippen molar-refractivity contribution in [3.8, 4) is 0 Å². The molecular formula is C10H17N3O3S2. The van der Waals surface area contributed by atoms with Gasteiger partial charge >= 0.3 is 6.03 Å². The van der Waals surface area contributed by atoms with Gasteiger partial charge in [-0.15, -0.1) is 11.3 Å². The molecule has 18 heavy (non-hydrogen) atoms. The molecule has 6 nitrogen and oxygen atoms in total. The molecule has 8 heteroatoms. The van der Waals surface area contributed by atoms with Crippen LogP contribution in [0.5, 0.6) is 0 Å². The molecule has 0 radical (unpaired) electrons. The Labute approximate surface area is 111 Å². The topological polar surface area (TPSA) is 92.5 Å². The van der Waals surface area contributed by atoms with E-state index >= 15 is 0 Å². The molecule has 3 N–H and O–H groups in total. The highest BCUT2D eigenvalue weighted by Gasteiger charge is 2.13. The minimum absolute atomic E-state index is 0.106. The number of carbonyl (C=O) groups excluding carboxylic acids is 1. The molecular weight excluding hydrogens is 274 g/mol. The fourth-order valence-corrected chi connectivity index (χ4v) is 3.11. The van der Waals surface area contributed by atoms with Gasteiger partial charge in [-0.3, -0.25) is 0 Å². The summed E-state index contributed by atoms with van der Waals surface area (Å²) in [4.78, 5) is 14.1. The zero-order chi connectivity index (χ0) is 13.8. The Morgan fingerprint density at radius 1 is 1.39 bits per heavy atom. The molecule has 0 aliphatic rings. The number of amides is 2. The third-order valence-electron chi connectivity index (χ3n) is 2.38. The smallest absolute Gasteiger partial charge is 0.317 e. The van der Waals surface area contributed by atoms with Crippen molar-refractivity contribution in [2.45, 2.75) is 24.6 Å². The maximum Gasteiger partial charge on any atom is 0.317 e. The van der Waals surface area contributed by atoms with E-state index in [1.165, 1.54) is 6.07 Å². The molecule has 0 aliphatic heterocycles. The summed E-state index contributed by atoms with van der Waals surface area (Å²) < 4.78 is 22.3. The van der Waals surface area contributed by atoms with Crippen molar-refractivity contribution in [3.05, 3.63) is 17.0 Å². The maximum atomic E-state index is 11.7. The molecule has 0 atom stereocenters. The predicted octanol–water partition coefficient (Wildman–Crippen LogP) is 0.947. The van der Waals surface area contributed by atoms with Crippen molar-refractivity contribution < 1.29 is 13.2 Å². The monoisotopic (exact) mass is 291 g/mol. The molecule has 0 unspecified atom stereocenters. The molecule has 1 rings (SSSR count). The Bertz CT molecular complexity index is 506. The van der Waals surface area contributed by atoms with Gasteiger partial charge in [-0.25, -0.2) is 18.4 Å². The molecule has 1 heterocycles. The fraction of sp³-hybridized carbons (Fsp3) is 0.500. The van der Waals surface area contributed by atoms with Gasteiger partial charge in [-0.1, -0.05) is 0 Å². The Balaban J connectivity index is 2.60. The van der Waals surface area contributed by atoms with E-state index in [0.29, 0.717) is 19.6 Å². The molecule has 0 aliphatic carbocycles. The van der Waals surface area contributed by atoms with Crippen LogP contribution in [0.25, 0.3) is 0 Å². The van der Waals surface area contributed by atoms with E-state index in [0.717, 1.165) is 16.2 Å². The SMILES string of the molecule is CCN(CC)C(=O)NCc1ccc(S(N)(=O)=O)s1. The average Bonchev–Trinajstić information content (AvgIpc) is 2.76. The molecule has 0 fully saturated rings. The van der Waals surface area contributed by atoms with E-state index in [9.17, 15) is 13.2 Å². The van der Waals surface area contributed by atoms with Crippen LogP contribution in [0.2, 0.25) is 0 Å². The zero-order valence-corrected chi connectivity index (χ0v) is 12.0. The second kappa shape index (κ2) is 6.17. The minimum Gasteiger partial charge on any atom is -0.333 e. The molecule has 2 amide bonds. The van der Waals surface area contributed by atoms with Gasteiger partial charge in [0, 0.05) is 18.0 Å². The number of carbonyl (C=O) groups is 1. The Kier molecular flexibility index (Phi) is 5.12. The molecule has 1 aromatic rings. The van der Waals surface area contributed by atoms with E-state index in [2.05, 4.69) is 5.32 Å². The quantitative estimate of drug-likeness (QED) is 0.845. The van der Waals surface area contributed by atoms with E-state index in [1.54, 1.807) is 11.0 Å². The first-order chi connectivity index (χ1) is 8.38. The van der Waals surface area contributed by atoms with Crippen molar-refractivity contribution in [2.75, 3.05) is 13.1 Å². The van der Waals surface area contributed by atoms with Gasteiger partial charge in [0.1, 0.15) is 4.21 Å². The first kappa shape index (κ1) is 14.9. The molecule has 0 saturated carbocycles. The third-order valence-corrected chi connectivity index (χ3v) is 4.91. The first-order valence-corrected chi connectivity index (χ1v) is 7.89. The van der Waals surface area contributed by atoms with Gasteiger partial charge in [-0.05, 0) is 26.0 Å². The number of thiophene rings is 1. The molecule has 0 saturated heterocycles. The third kappa shape index (κ3) is 3.97. The molecule has 0 bridgehead atoms. The largest absolute Gasteiger partial charge is 0.333 e. The number of nitrogens with one attached hydrogen (secondary N) is 1. The number of primary sulfonamides is 1. The van der Waals surface area contributed by atoms with Gasteiger partial charge in [0.2, 0.25) is 10.0 Å². The van der Waals surface area contributed by atoms with Crippen LogP contribution < -0.4 is 10.5 Å². The number of urea groups is 1. The molecule has 0 aromatic carbocycles. The van der Waals surface area contributed by atoms with Crippen molar-refractivity contribution in [1.82, 2.24) is 10.2 Å². The van der Waals surface area contributed by atoms with E-state index < -0.39 is 10.0 Å². The van der Waals surface area contributed by atoms with Crippen LogP contribution in [0.15, 0.2) is 16.3 Å². The van der Waals surface area contributed by atoms with Crippen LogP contribution >= 0.6 is 11.3 Å². The Morgan fingerprint density at radius 3 is 2.44 bits per heavy atom. The second-order valence-corrected chi connectivity index (χ2v) is 6.55. The lowest BCUT2D eigenvalue weighted by Crippen LogP contribution is -2.39. The zero-order valence-electron chi connectivity index (χ0n) is 10.3.